The van der Waals surface area contributed by atoms with Crippen molar-refractivity contribution in [2.75, 3.05) is 19.6 Å². The molecule has 0 spiro atoms. The molecule has 0 aromatic heterocycles. The van der Waals surface area contributed by atoms with Crippen LogP contribution in [0.15, 0.2) is 24.3 Å². The summed E-state index contributed by atoms with van der Waals surface area (Å²) in [6.45, 7) is 10.1. The Balaban J connectivity index is 2.06. The molecule has 1 aliphatic rings. The number of carboxylic acids is 1. The second kappa shape index (κ2) is 7.87. The van der Waals surface area contributed by atoms with Crippen molar-refractivity contribution in [3.63, 3.8) is 0 Å². The third-order valence-electron chi connectivity index (χ3n) is 4.35. The maximum Gasteiger partial charge on any atom is 0.410 e. The molecule has 6 heteroatoms. The van der Waals surface area contributed by atoms with Gasteiger partial charge in [-0.05, 0) is 38.8 Å². The van der Waals surface area contributed by atoms with Gasteiger partial charge in [-0.2, -0.15) is 0 Å². The zero-order valence-electron chi connectivity index (χ0n) is 15.5. The zero-order valence-corrected chi connectivity index (χ0v) is 15.5. The standard InChI is InChI=1S/C19H28N2O4/c1-5-15-13-21(18(24)25-19(2,3)4)11-10-20(15)12-14-8-6-7-9-16(14)17(22)23/h6-9,15H,5,10-13H2,1-4H3,(H,22,23). The number of carbonyl (C=O) groups is 2. The molecule has 1 heterocycles. The number of benzene rings is 1. The normalized spacial score (nSPS) is 18.9. The van der Waals surface area contributed by atoms with Gasteiger partial charge in [0, 0.05) is 32.2 Å². The number of carbonyl (C=O) groups excluding carboxylic acids is 1. The summed E-state index contributed by atoms with van der Waals surface area (Å²) in [6.07, 6.45) is 0.602. The van der Waals surface area contributed by atoms with Crippen LogP contribution in [0.5, 0.6) is 0 Å². The first-order chi connectivity index (χ1) is 11.7. The number of aromatic carboxylic acids is 1. The molecule has 25 heavy (non-hydrogen) atoms. The van der Waals surface area contributed by atoms with Crippen LogP contribution in [0.4, 0.5) is 4.79 Å². The lowest BCUT2D eigenvalue weighted by atomic mass is 10.0. The molecule has 0 bridgehead atoms. The molecule has 1 fully saturated rings. The fourth-order valence-corrected chi connectivity index (χ4v) is 3.07. The number of nitrogens with zero attached hydrogens (tertiary/aromatic N) is 2. The van der Waals surface area contributed by atoms with Gasteiger partial charge in [0.05, 0.1) is 5.56 Å². The number of carboxylic acid groups (broad SMARTS) is 1. The minimum Gasteiger partial charge on any atom is -0.478 e. The van der Waals surface area contributed by atoms with Gasteiger partial charge in [-0.1, -0.05) is 25.1 Å². The third kappa shape index (κ3) is 5.19. The maximum atomic E-state index is 12.3. The van der Waals surface area contributed by atoms with Crippen LogP contribution in [0.25, 0.3) is 0 Å². The maximum absolute atomic E-state index is 12.3. The van der Waals surface area contributed by atoms with Crippen molar-refractivity contribution in [1.29, 1.82) is 0 Å². The molecule has 0 saturated carbocycles. The summed E-state index contributed by atoms with van der Waals surface area (Å²) in [6, 6.07) is 7.28. The number of rotatable bonds is 4. The monoisotopic (exact) mass is 348 g/mol. The Morgan fingerprint density at radius 3 is 2.52 bits per heavy atom. The first-order valence-electron chi connectivity index (χ1n) is 8.74. The molecule has 1 amide bonds. The summed E-state index contributed by atoms with van der Waals surface area (Å²) < 4.78 is 5.46. The SMILES string of the molecule is CCC1CN(C(=O)OC(C)(C)C)CCN1Cc1ccccc1C(=O)O. The summed E-state index contributed by atoms with van der Waals surface area (Å²) >= 11 is 0. The Bertz CT molecular complexity index is 624. The molecule has 2 rings (SSSR count). The van der Waals surface area contributed by atoms with E-state index < -0.39 is 11.6 Å². The highest BCUT2D eigenvalue weighted by molar-refractivity contribution is 5.89. The van der Waals surface area contributed by atoms with Crippen molar-refractivity contribution < 1.29 is 19.4 Å². The van der Waals surface area contributed by atoms with Crippen molar-refractivity contribution >= 4 is 12.1 Å². The van der Waals surface area contributed by atoms with Gasteiger partial charge in [0.2, 0.25) is 0 Å². The van der Waals surface area contributed by atoms with E-state index in [0.717, 1.165) is 12.0 Å². The molecule has 1 aromatic carbocycles. The summed E-state index contributed by atoms with van der Waals surface area (Å²) in [5.74, 6) is -0.906. The van der Waals surface area contributed by atoms with E-state index in [-0.39, 0.29) is 12.1 Å². The van der Waals surface area contributed by atoms with E-state index in [2.05, 4.69) is 11.8 Å². The zero-order chi connectivity index (χ0) is 18.6. The fraction of sp³-hybridized carbons (Fsp3) is 0.579. The molecule has 1 saturated heterocycles. The van der Waals surface area contributed by atoms with Gasteiger partial charge in [-0.3, -0.25) is 4.90 Å². The topological polar surface area (TPSA) is 70.1 Å². The van der Waals surface area contributed by atoms with Crippen LogP contribution in [-0.4, -0.2) is 58.2 Å². The van der Waals surface area contributed by atoms with Crippen LogP contribution < -0.4 is 0 Å². The average molecular weight is 348 g/mol. The summed E-state index contributed by atoms with van der Waals surface area (Å²) in [5, 5.41) is 9.35. The number of ether oxygens (including phenoxy) is 1. The van der Waals surface area contributed by atoms with E-state index in [1.807, 2.05) is 32.9 Å². The highest BCUT2D eigenvalue weighted by Crippen LogP contribution is 2.20. The fourth-order valence-electron chi connectivity index (χ4n) is 3.07. The number of piperazine rings is 1. The highest BCUT2D eigenvalue weighted by atomic mass is 16.6. The molecular formula is C19H28N2O4. The Morgan fingerprint density at radius 2 is 1.92 bits per heavy atom. The highest BCUT2D eigenvalue weighted by Gasteiger charge is 2.31. The number of amides is 1. The predicted octanol–water partition coefficient (Wildman–Crippen LogP) is 3.22. The molecule has 138 valence electrons. The van der Waals surface area contributed by atoms with E-state index in [4.69, 9.17) is 4.74 Å². The van der Waals surface area contributed by atoms with E-state index in [1.54, 1.807) is 17.0 Å². The second-order valence-electron chi connectivity index (χ2n) is 7.42. The minimum absolute atomic E-state index is 0.183. The van der Waals surface area contributed by atoms with Gasteiger partial charge in [-0.15, -0.1) is 0 Å². The molecule has 1 atom stereocenters. The predicted molar refractivity (Wildman–Crippen MR) is 95.7 cm³/mol. The van der Waals surface area contributed by atoms with Crippen molar-refractivity contribution in [3.05, 3.63) is 35.4 Å². The van der Waals surface area contributed by atoms with Crippen molar-refractivity contribution in [1.82, 2.24) is 9.80 Å². The van der Waals surface area contributed by atoms with E-state index >= 15 is 0 Å². The summed E-state index contributed by atoms with van der Waals surface area (Å²) in [4.78, 5) is 27.7. The largest absolute Gasteiger partial charge is 0.478 e. The summed E-state index contributed by atoms with van der Waals surface area (Å²) in [7, 11) is 0. The van der Waals surface area contributed by atoms with Crippen LogP contribution in [0.3, 0.4) is 0 Å². The van der Waals surface area contributed by atoms with Gasteiger partial charge in [-0.25, -0.2) is 9.59 Å². The molecule has 1 unspecified atom stereocenters. The molecule has 0 aliphatic carbocycles. The molecule has 1 aliphatic heterocycles. The second-order valence-corrected chi connectivity index (χ2v) is 7.42. The van der Waals surface area contributed by atoms with Gasteiger partial charge in [0.15, 0.2) is 0 Å². The van der Waals surface area contributed by atoms with Crippen LogP contribution >= 0.6 is 0 Å². The molecule has 1 aromatic rings. The van der Waals surface area contributed by atoms with Crippen LogP contribution in [0.2, 0.25) is 0 Å². The number of hydrogen-bond donors (Lipinski definition) is 1. The van der Waals surface area contributed by atoms with Crippen LogP contribution in [0.1, 0.15) is 50.0 Å². The lowest BCUT2D eigenvalue weighted by Gasteiger charge is -2.41. The first kappa shape index (κ1) is 19.2. The van der Waals surface area contributed by atoms with Crippen LogP contribution in [-0.2, 0) is 11.3 Å². The van der Waals surface area contributed by atoms with E-state index in [1.165, 1.54) is 0 Å². The van der Waals surface area contributed by atoms with Crippen molar-refractivity contribution in [2.24, 2.45) is 0 Å². The van der Waals surface area contributed by atoms with E-state index in [0.29, 0.717) is 31.7 Å². The lowest BCUT2D eigenvalue weighted by molar-refractivity contribution is 0.00191. The average Bonchev–Trinajstić information content (AvgIpc) is 2.53. The smallest absolute Gasteiger partial charge is 0.410 e. The van der Waals surface area contributed by atoms with Crippen molar-refractivity contribution in [2.45, 2.75) is 52.3 Å². The van der Waals surface area contributed by atoms with Crippen molar-refractivity contribution in [3.8, 4) is 0 Å². The molecular weight excluding hydrogens is 320 g/mol. The van der Waals surface area contributed by atoms with Gasteiger partial charge < -0.3 is 14.7 Å². The summed E-state index contributed by atoms with van der Waals surface area (Å²) in [5.41, 5.74) is 0.641. The lowest BCUT2D eigenvalue weighted by Crippen LogP contribution is -2.54. The Labute approximate surface area is 149 Å². The van der Waals surface area contributed by atoms with Gasteiger partial charge >= 0.3 is 12.1 Å². The molecule has 6 nitrogen and oxygen atoms in total. The number of hydrogen-bond acceptors (Lipinski definition) is 4. The molecule has 0 radical (unpaired) electrons. The Kier molecular flexibility index (Phi) is 6.06. The van der Waals surface area contributed by atoms with Gasteiger partial charge in [0.1, 0.15) is 5.60 Å². The van der Waals surface area contributed by atoms with E-state index in [9.17, 15) is 14.7 Å². The Hall–Kier alpha value is -2.08. The molecule has 1 N–H and O–H groups in total. The Morgan fingerprint density at radius 1 is 1.24 bits per heavy atom. The van der Waals surface area contributed by atoms with Gasteiger partial charge in [0.25, 0.3) is 0 Å². The first-order valence-corrected chi connectivity index (χ1v) is 8.74. The van der Waals surface area contributed by atoms with Crippen LogP contribution in [0, 0.1) is 0 Å². The third-order valence-corrected chi connectivity index (χ3v) is 4.35. The minimum atomic E-state index is -0.906. The quantitative estimate of drug-likeness (QED) is 0.905.